The van der Waals surface area contributed by atoms with Crippen molar-refractivity contribution in [3.63, 3.8) is 0 Å². The number of halogens is 3. The largest absolute Gasteiger partial charge is 0.416 e. The van der Waals surface area contributed by atoms with Crippen molar-refractivity contribution in [2.24, 2.45) is 5.73 Å². The van der Waals surface area contributed by atoms with Crippen LogP contribution in [-0.2, 0) is 28.6 Å². The fraction of sp³-hybridized carbons (Fsp3) is 0.263. The molecule has 2 amide bonds. The molecule has 4 nitrogen and oxygen atoms in total. The van der Waals surface area contributed by atoms with E-state index in [2.05, 4.69) is 5.32 Å². The molecule has 3 N–H and O–H groups in total. The van der Waals surface area contributed by atoms with Crippen molar-refractivity contribution in [1.29, 1.82) is 0 Å². The number of nitrogens with one attached hydrogen (secondary N) is 1. The highest BCUT2D eigenvalue weighted by atomic mass is 19.4. The average molecular weight is 364 g/mol. The number of carbonyl (C=O) groups is 2. The molecule has 0 saturated heterocycles. The van der Waals surface area contributed by atoms with Gasteiger partial charge in [0, 0.05) is 12.8 Å². The standard InChI is InChI=1S/C19H19F3N2O2/c20-19(21,22)15-9-6-14(7-10-15)12-16(18(23)26)24-17(25)11-8-13-4-2-1-3-5-13/h1-7,9-10,16H,8,11-12H2,(H2,23,26)(H,24,25)/t16-/m0/s1. The Balaban J connectivity index is 1.93. The zero-order chi connectivity index (χ0) is 19.2. The summed E-state index contributed by atoms with van der Waals surface area (Å²) in [7, 11) is 0. The summed E-state index contributed by atoms with van der Waals surface area (Å²) in [5.74, 6) is -1.08. The van der Waals surface area contributed by atoms with E-state index in [-0.39, 0.29) is 18.7 Å². The van der Waals surface area contributed by atoms with Crippen LogP contribution in [-0.4, -0.2) is 17.9 Å². The molecule has 2 rings (SSSR count). The Morgan fingerprint density at radius 1 is 0.962 bits per heavy atom. The van der Waals surface area contributed by atoms with Gasteiger partial charge < -0.3 is 11.1 Å². The molecule has 0 aliphatic carbocycles. The van der Waals surface area contributed by atoms with Crippen molar-refractivity contribution in [3.05, 3.63) is 71.3 Å². The van der Waals surface area contributed by atoms with Gasteiger partial charge >= 0.3 is 6.18 Å². The lowest BCUT2D eigenvalue weighted by Crippen LogP contribution is -2.45. The third-order valence-corrected chi connectivity index (χ3v) is 3.88. The predicted octanol–water partition coefficient (Wildman–Crippen LogP) is 2.85. The highest BCUT2D eigenvalue weighted by Crippen LogP contribution is 2.29. The molecule has 0 aliphatic rings. The van der Waals surface area contributed by atoms with Crippen molar-refractivity contribution in [2.75, 3.05) is 0 Å². The van der Waals surface area contributed by atoms with E-state index in [1.54, 1.807) is 0 Å². The molecule has 0 aliphatic heterocycles. The molecular weight excluding hydrogens is 345 g/mol. The highest BCUT2D eigenvalue weighted by molar-refractivity contribution is 5.86. The summed E-state index contributed by atoms with van der Waals surface area (Å²) in [5.41, 5.74) is 6.00. The molecule has 2 aromatic rings. The fourth-order valence-corrected chi connectivity index (χ4v) is 2.46. The van der Waals surface area contributed by atoms with Gasteiger partial charge in [0.2, 0.25) is 11.8 Å². The maximum Gasteiger partial charge on any atom is 0.416 e. The van der Waals surface area contributed by atoms with Gasteiger partial charge in [-0.3, -0.25) is 9.59 Å². The second-order valence-electron chi connectivity index (χ2n) is 5.91. The summed E-state index contributed by atoms with van der Waals surface area (Å²) < 4.78 is 37.7. The molecule has 7 heteroatoms. The smallest absolute Gasteiger partial charge is 0.368 e. The number of benzene rings is 2. The molecule has 0 aromatic heterocycles. The number of carbonyl (C=O) groups excluding carboxylic acids is 2. The van der Waals surface area contributed by atoms with Crippen LogP contribution in [0.3, 0.4) is 0 Å². The summed E-state index contributed by atoms with van der Waals surface area (Å²) in [6.45, 7) is 0. The molecule has 26 heavy (non-hydrogen) atoms. The molecule has 2 aromatic carbocycles. The van der Waals surface area contributed by atoms with Gasteiger partial charge in [-0.25, -0.2) is 0 Å². The summed E-state index contributed by atoms with van der Waals surface area (Å²) in [6.07, 6.45) is -3.70. The number of primary amides is 1. The Morgan fingerprint density at radius 3 is 2.12 bits per heavy atom. The van der Waals surface area contributed by atoms with Crippen LogP contribution in [0.15, 0.2) is 54.6 Å². The molecule has 138 valence electrons. The van der Waals surface area contributed by atoms with Gasteiger partial charge in [-0.15, -0.1) is 0 Å². The summed E-state index contributed by atoms with van der Waals surface area (Å²) >= 11 is 0. The van der Waals surface area contributed by atoms with Crippen LogP contribution in [0, 0.1) is 0 Å². The number of rotatable bonds is 7. The van der Waals surface area contributed by atoms with E-state index in [0.717, 1.165) is 17.7 Å². The fourth-order valence-electron chi connectivity index (χ4n) is 2.46. The molecule has 0 saturated carbocycles. The summed E-state index contributed by atoms with van der Waals surface area (Å²) in [6, 6.07) is 12.8. The maximum atomic E-state index is 12.6. The summed E-state index contributed by atoms with van der Waals surface area (Å²) in [4.78, 5) is 23.6. The van der Waals surface area contributed by atoms with E-state index in [1.165, 1.54) is 12.1 Å². The van der Waals surface area contributed by atoms with Gasteiger partial charge in [0.25, 0.3) is 0 Å². The molecule has 0 radical (unpaired) electrons. The Morgan fingerprint density at radius 2 is 1.58 bits per heavy atom. The van der Waals surface area contributed by atoms with Gasteiger partial charge in [0.15, 0.2) is 0 Å². The first-order chi connectivity index (χ1) is 12.3. The van der Waals surface area contributed by atoms with Crippen molar-refractivity contribution in [3.8, 4) is 0 Å². The molecule has 1 atom stereocenters. The Labute approximate surface area is 149 Å². The summed E-state index contributed by atoms with van der Waals surface area (Å²) in [5, 5.41) is 2.54. The van der Waals surface area contributed by atoms with Crippen molar-refractivity contribution >= 4 is 11.8 Å². The second kappa shape index (κ2) is 8.51. The minimum atomic E-state index is -4.42. The van der Waals surface area contributed by atoms with Crippen molar-refractivity contribution in [2.45, 2.75) is 31.5 Å². The van der Waals surface area contributed by atoms with E-state index >= 15 is 0 Å². The molecular formula is C19H19F3N2O2. The monoisotopic (exact) mass is 364 g/mol. The molecule has 0 heterocycles. The quantitative estimate of drug-likeness (QED) is 0.793. The Bertz CT molecular complexity index is 744. The maximum absolute atomic E-state index is 12.6. The first-order valence-corrected chi connectivity index (χ1v) is 8.04. The van der Waals surface area contributed by atoms with Crippen LogP contribution in [0.4, 0.5) is 13.2 Å². The van der Waals surface area contributed by atoms with Crippen LogP contribution < -0.4 is 11.1 Å². The van der Waals surface area contributed by atoms with E-state index in [9.17, 15) is 22.8 Å². The number of hydrogen-bond acceptors (Lipinski definition) is 2. The molecule has 0 spiro atoms. The molecule has 0 unspecified atom stereocenters. The van der Waals surface area contributed by atoms with Crippen LogP contribution in [0.25, 0.3) is 0 Å². The van der Waals surface area contributed by atoms with Crippen LogP contribution >= 0.6 is 0 Å². The van der Waals surface area contributed by atoms with Crippen LogP contribution in [0.2, 0.25) is 0 Å². The third kappa shape index (κ3) is 5.91. The molecule has 0 fully saturated rings. The lowest BCUT2D eigenvalue weighted by atomic mass is 10.0. The first-order valence-electron chi connectivity index (χ1n) is 8.04. The first kappa shape index (κ1) is 19.5. The highest BCUT2D eigenvalue weighted by Gasteiger charge is 2.30. The SMILES string of the molecule is NC(=O)[C@H](Cc1ccc(C(F)(F)F)cc1)NC(=O)CCc1ccccc1. The van der Waals surface area contributed by atoms with E-state index < -0.39 is 23.7 Å². The van der Waals surface area contributed by atoms with Crippen LogP contribution in [0.1, 0.15) is 23.1 Å². The Kier molecular flexibility index (Phi) is 6.38. The second-order valence-corrected chi connectivity index (χ2v) is 5.91. The van der Waals surface area contributed by atoms with Gasteiger partial charge in [0.1, 0.15) is 6.04 Å². The van der Waals surface area contributed by atoms with Gasteiger partial charge in [-0.05, 0) is 29.7 Å². The van der Waals surface area contributed by atoms with E-state index in [4.69, 9.17) is 5.73 Å². The molecule has 0 bridgehead atoms. The van der Waals surface area contributed by atoms with Gasteiger partial charge in [-0.2, -0.15) is 13.2 Å². The number of nitrogens with two attached hydrogens (primary N) is 1. The zero-order valence-electron chi connectivity index (χ0n) is 13.9. The van der Waals surface area contributed by atoms with Crippen molar-refractivity contribution in [1.82, 2.24) is 5.32 Å². The van der Waals surface area contributed by atoms with Gasteiger partial charge in [0.05, 0.1) is 5.56 Å². The number of amides is 2. The minimum absolute atomic E-state index is 0.0323. The number of aryl methyl sites for hydroxylation is 1. The zero-order valence-corrected chi connectivity index (χ0v) is 13.9. The lowest BCUT2D eigenvalue weighted by Gasteiger charge is -2.16. The van der Waals surface area contributed by atoms with E-state index in [0.29, 0.717) is 12.0 Å². The normalized spacial score (nSPS) is 12.4. The van der Waals surface area contributed by atoms with Gasteiger partial charge in [-0.1, -0.05) is 42.5 Å². The van der Waals surface area contributed by atoms with E-state index in [1.807, 2.05) is 30.3 Å². The minimum Gasteiger partial charge on any atom is -0.368 e. The third-order valence-electron chi connectivity index (χ3n) is 3.88. The average Bonchev–Trinajstić information content (AvgIpc) is 2.60. The topological polar surface area (TPSA) is 72.2 Å². The number of hydrogen-bond donors (Lipinski definition) is 2. The van der Waals surface area contributed by atoms with Crippen LogP contribution in [0.5, 0.6) is 0 Å². The Hall–Kier alpha value is -2.83. The predicted molar refractivity (Wildman–Crippen MR) is 91.0 cm³/mol. The van der Waals surface area contributed by atoms with Crippen molar-refractivity contribution < 1.29 is 22.8 Å². The lowest BCUT2D eigenvalue weighted by molar-refractivity contribution is -0.137. The number of alkyl halides is 3.